The molecule has 0 aliphatic carbocycles. The van der Waals surface area contributed by atoms with E-state index in [9.17, 15) is 15.0 Å². The number of nitrogens with zero attached hydrogens (tertiary/aromatic N) is 4. The van der Waals surface area contributed by atoms with Crippen LogP contribution in [0.15, 0.2) is 11.3 Å². The number of aliphatic carboxylic acids is 1. The summed E-state index contributed by atoms with van der Waals surface area (Å²) in [4.78, 5) is 17.8. The Kier molecular flexibility index (Phi) is 4.47. The average molecular weight is 301 g/mol. The Hall–Kier alpha value is -2.08. The van der Waals surface area contributed by atoms with Gasteiger partial charge in [-0.2, -0.15) is 0 Å². The van der Waals surface area contributed by atoms with Crippen LogP contribution in [0.2, 0.25) is 0 Å². The Morgan fingerprint density at radius 1 is 1.48 bits per heavy atom. The summed E-state index contributed by atoms with van der Waals surface area (Å²) in [6, 6.07) is 0. The quantitative estimate of drug-likeness (QED) is 0.275. The van der Waals surface area contributed by atoms with E-state index in [2.05, 4.69) is 15.1 Å². The van der Waals surface area contributed by atoms with E-state index in [1.807, 2.05) is 0 Å². The lowest BCUT2D eigenvalue weighted by Gasteiger charge is -2.13. The molecule has 0 bridgehead atoms. The SMILES string of the molecule is NC(=NCC(=O)O)c1ncn([C@@H]2O[C@H](CO)[C@@H](O)[C@H]2O)n1. The van der Waals surface area contributed by atoms with Crippen LogP contribution in [0.1, 0.15) is 12.1 Å². The van der Waals surface area contributed by atoms with Crippen molar-refractivity contribution in [2.75, 3.05) is 13.2 Å². The molecule has 4 atom stereocenters. The van der Waals surface area contributed by atoms with Crippen molar-refractivity contribution in [2.24, 2.45) is 10.7 Å². The third-order valence-electron chi connectivity index (χ3n) is 2.90. The number of carboxylic acids is 1. The molecule has 11 heteroatoms. The molecule has 0 radical (unpaired) electrons. The lowest BCUT2D eigenvalue weighted by atomic mass is 10.1. The molecular formula is C10H15N5O6. The van der Waals surface area contributed by atoms with Crippen molar-refractivity contribution in [2.45, 2.75) is 24.5 Å². The lowest BCUT2D eigenvalue weighted by Crippen LogP contribution is -2.33. The number of hydrogen-bond donors (Lipinski definition) is 5. The first kappa shape index (κ1) is 15.3. The zero-order valence-electron chi connectivity index (χ0n) is 10.8. The zero-order valence-corrected chi connectivity index (χ0v) is 10.8. The zero-order chi connectivity index (χ0) is 15.6. The maximum atomic E-state index is 10.4. The molecule has 1 aromatic rings. The van der Waals surface area contributed by atoms with E-state index in [1.54, 1.807) is 0 Å². The fraction of sp³-hybridized carbons (Fsp3) is 0.600. The molecule has 0 saturated carbocycles. The second-order valence-electron chi connectivity index (χ2n) is 4.37. The van der Waals surface area contributed by atoms with Gasteiger partial charge in [0.25, 0.3) is 0 Å². The molecule has 1 aliphatic heterocycles. The van der Waals surface area contributed by atoms with Gasteiger partial charge in [0.15, 0.2) is 12.1 Å². The molecular weight excluding hydrogens is 286 g/mol. The number of nitrogens with two attached hydrogens (primary N) is 1. The molecule has 0 unspecified atom stereocenters. The monoisotopic (exact) mass is 301 g/mol. The van der Waals surface area contributed by atoms with E-state index < -0.39 is 43.7 Å². The molecule has 1 saturated heterocycles. The Morgan fingerprint density at radius 2 is 2.19 bits per heavy atom. The molecule has 6 N–H and O–H groups in total. The van der Waals surface area contributed by atoms with Crippen LogP contribution in [0.4, 0.5) is 0 Å². The van der Waals surface area contributed by atoms with Crippen LogP contribution >= 0.6 is 0 Å². The van der Waals surface area contributed by atoms with Crippen LogP contribution in [0.5, 0.6) is 0 Å². The summed E-state index contributed by atoms with van der Waals surface area (Å²) in [5.41, 5.74) is 5.53. The van der Waals surface area contributed by atoms with E-state index in [0.29, 0.717) is 0 Å². The summed E-state index contributed by atoms with van der Waals surface area (Å²) in [7, 11) is 0. The highest BCUT2D eigenvalue weighted by atomic mass is 16.6. The van der Waals surface area contributed by atoms with Gasteiger partial charge in [-0.25, -0.2) is 9.67 Å². The van der Waals surface area contributed by atoms with Gasteiger partial charge >= 0.3 is 5.97 Å². The molecule has 2 rings (SSSR count). The topological polar surface area (TPSA) is 176 Å². The van der Waals surface area contributed by atoms with Gasteiger partial charge in [0.05, 0.1) is 6.61 Å². The van der Waals surface area contributed by atoms with Crippen molar-refractivity contribution in [1.29, 1.82) is 0 Å². The third kappa shape index (κ3) is 3.16. The highest BCUT2D eigenvalue weighted by Crippen LogP contribution is 2.28. The summed E-state index contributed by atoms with van der Waals surface area (Å²) >= 11 is 0. The number of aromatic nitrogens is 3. The minimum absolute atomic E-state index is 0.0333. The summed E-state index contributed by atoms with van der Waals surface area (Å²) in [5.74, 6) is -1.36. The summed E-state index contributed by atoms with van der Waals surface area (Å²) < 4.78 is 6.36. The minimum Gasteiger partial charge on any atom is -0.480 e. The normalized spacial score (nSPS) is 29.8. The molecule has 1 fully saturated rings. The second kappa shape index (κ2) is 6.13. The van der Waals surface area contributed by atoms with Gasteiger partial charge in [-0.15, -0.1) is 5.10 Å². The highest BCUT2D eigenvalue weighted by molar-refractivity contribution is 5.94. The second-order valence-corrected chi connectivity index (χ2v) is 4.37. The van der Waals surface area contributed by atoms with Crippen molar-refractivity contribution < 1.29 is 30.0 Å². The van der Waals surface area contributed by atoms with Crippen LogP contribution in [0.25, 0.3) is 0 Å². The molecule has 2 heterocycles. The van der Waals surface area contributed by atoms with E-state index in [-0.39, 0.29) is 11.7 Å². The van der Waals surface area contributed by atoms with Crippen molar-refractivity contribution in [1.82, 2.24) is 14.8 Å². The smallest absolute Gasteiger partial charge is 0.325 e. The number of hydrogen-bond acceptors (Lipinski definition) is 8. The maximum absolute atomic E-state index is 10.4. The molecule has 21 heavy (non-hydrogen) atoms. The molecule has 116 valence electrons. The number of aliphatic hydroxyl groups excluding tert-OH is 3. The van der Waals surface area contributed by atoms with Gasteiger partial charge in [0, 0.05) is 0 Å². The lowest BCUT2D eigenvalue weighted by molar-refractivity contribution is -0.135. The van der Waals surface area contributed by atoms with E-state index in [0.717, 1.165) is 4.68 Å². The fourth-order valence-electron chi connectivity index (χ4n) is 1.84. The van der Waals surface area contributed by atoms with Gasteiger partial charge in [0.2, 0.25) is 5.82 Å². The molecule has 1 aromatic heterocycles. The van der Waals surface area contributed by atoms with E-state index in [1.165, 1.54) is 6.33 Å². The van der Waals surface area contributed by atoms with Crippen LogP contribution in [0, 0.1) is 0 Å². The first-order chi connectivity index (χ1) is 9.93. The molecule has 0 amide bonds. The number of rotatable bonds is 5. The standard InChI is InChI=1S/C10H15N5O6/c11-8(12-1-5(17)18)9-13-3-15(14-9)10-7(20)6(19)4(2-16)21-10/h3-4,6-7,10,16,19-20H,1-2H2,(H2,11,12)(H,17,18)/t4-,6-,7-,10-/m1/s1. The van der Waals surface area contributed by atoms with Gasteiger partial charge in [-0.1, -0.05) is 0 Å². The summed E-state index contributed by atoms with van der Waals surface area (Å²) in [5, 5.41) is 40.9. The Bertz CT molecular complexity index is 546. The van der Waals surface area contributed by atoms with Gasteiger partial charge in [0.1, 0.15) is 31.2 Å². The molecule has 0 spiro atoms. The fourth-order valence-corrected chi connectivity index (χ4v) is 1.84. The Balaban J connectivity index is 2.13. The number of carbonyl (C=O) groups is 1. The number of aliphatic hydroxyl groups is 3. The number of aliphatic imine (C=N–C) groups is 1. The number of amidine groups is 1. The van der Waals surface area contributed by atoms with Crippen molar-refractivity contribution in [3.63, 3.8) is 0 Å². The minimum atomic E-state index is -1.30. The van der Waals surface area contributed by atoms with Crippen LogP contribution in [-0.4, -0.2) is 78.5 Å². The van der Waals surface area contributed by atoms with Crippen molar-refractivity contribution >= 4 is 11.8 Å². The number of carboxylic acid groups (broad SMARTS) is 1. The van der Waals surface area contributed by atoms with Gasteiger partial charge in [-0.3, -0.25) is 9.79 Å². The molecule has 0 aromatic carbocycles. The number of ether oxygens (including phenoxy) is 1. The molecule has 1 aliphatic rings. The van der Waals surface area contributed by atoms with E-state index >= 15 is 0 Å². The highest BCUT2D eigenvalue weighted by Gasteiger charge is 2.43. The van der Waals surface area contributed by atoms with Crippen molar-refractivity contribution in [3.8, 4) is 0 Å². The van der Waals surface area contributed by atoms with E-state index in [4.69, 9.17) is 20.7 Å². The summed E-state index contributed by atoms with van der Waals surface area (Å²) in [6.45, 7) is -0.979. The van der Waals surface area contributed by atoms with Crippen LogP contribution < -0.4 is 5.73 Å². The van der Waals surface area contributed by atoms with Crippen LogP contribution in [-0.2, 0) is 9.53 Å². The predicted octanol–water partition coefficient (Wildman–Crippen LogP) is -3.32. The molecule has 11 nitrogen and oxygen atoms in total. The van der Waals surface area contributed by atoms with Crippen LogP contribution in [0.3, 0.4) is 0 Å². The first-order valence-corrected chi connectivity index (χ1v) is 5.99. The Morgan fingerprint density at radius 3 is 2.76 bits per heavy atom. The average Bonchev–Trinajstić information content (AvgIpc) is 3.03. The third-order valence-corrected chi connectivity index (χ3v) is 2.90. The predicted molar refractivity (Wildman–Crippen MR) is 66.3 cm³/mol. The summed E-state index contributed by atoms with van der Waals surface area (Å²) in [6.07, 6.45) is -3.33. The van der Waals surface area contributed by atoms with Gasteiger partial charge in [-0.05, 0) is 0 Å². The van der Waals surface area contributed by atoms with Crippen molar-refractivity contribution in [3.05, 3.63) is 12.2 Å². The largest absolute Gasteiger partial charge is 0.480 e. The first-order valence-electron chi connectivity index (χ1n) is 5.99. The Labute approximate surface area is 118 Å². The van der Waals surface area contributed by atoms with Gasteiger partial charge < -0.3 is 30.9 Å². The maximum Gasteiger partial charge on any atom is 0.325 e.